The average molecular weight is 242 g/mol. The number of rotatable bonds is 3. The first kappa shape index (κ1) is 12.2. The molecule has 0 saturated heterocycles. The van der Waals surface area contributed by atoms with Crippen LogP contribution in [0.5, 0.6) is 0 Å². The molecule has 0 radical (unpaired) electrons. The molecule has 0 unspecified atom stereocenters. The van der Waals surface area contributed by atoms with Crippen LogP contribution in [0.4, 0.5) is 4.79 Å². The van der Waals surface area contributed by atoms with Crippen LogP contribution in [-0.2, 0) is 16.1 Å². The second-order valence-corrected chi connectivity index (χ2v) is 3.81. The van der Waals surface area contributed by atoms with Gasteiger partial charge in [-0.15, -0.1) is 0 Å². The van der Waals surface area contributed by atoms with E-state index in [0.717, 1.165) is 16.7 Å². The molecule has 92 valence electrons. The third-order valence-corrected chi connectivity index (χ3v) is 2.58. The minimum absolute atomic E-state index is 0.224. The van der Waals surface area contributed by atoms with Crippen LogP contribution in [0, 0.1) is 0 Å². The maximum absolute atomic E-state index is 10.8. The maximum atomic E-state index is 10.8. The van der Waals surface area contributed by atoms with Crippen LogP contribution in [-0.4, -0.2) is 13.3 Å². The summed E-state index contributed by atoms with van der Waals surface area (Å²) in [7, 11) is 1.29. The van der Waals surface area contributed by atoms with Gasteiger partial charge in [0.1, 0.15) is 6.61 Å². The molecule has 3 heteroatoms. The largest absolute Gasteiger partial charge is 0.508 e. The predicted molar refractivity (Wildman–Crippen MR) is 69.1 cm³/mol. The molecule has 0 atom stereocenters. The Morgan fingerprint density at radius 2 is 1.56 bits per heavy atom. The monoisotopic (exact) mass is 242 g/mol. The van der Waals surface area contributed by atoms with Crippen molar-refractivity contribution in [1.82, 2.24) is 0 Å². The summed E-state index contributed by atoms with van der Waals surface area (Å²) in [5, 5.41) is 0. The summed E-state index contributed by atoms with van der Waals surface area (Å²) in [6.45, 7) is 0.224. The van der Waals surface area contributed by atoms with Crippen molar-refractivity contribution in [2.24, 2.45) is 0 Å². The molecule has 2 rings (SSSR count). The van der Waals surface area contributed by atoms with Gasteiger partial charge in [0, 0.05) is 0 Å². The zero-order chi connectivity index (χ0) is 12.8. The highest BCUT2D eigenvalue weighted by Crippen LogP contribution is 2.19. The molecule has 3 nitrogen and oxygen atoms in total. The molecule has 0 N–H and O–H groups in total. The van der Waals surface area contributed by atoms with Gasteiger partial charge in [-0.1, -0.05) is 54.6 Å². The lowest BCUT2D eigenvalue weighted by Gasteiger charge is -2.05. The van der Waals surface area contributed by atoms with Gasteiger partial charge in [-0.2, -0.15) is 0 Å². The molecule has 2 aromatic rings. The van der Waals surface area contributed by atoms with Crippen LogP contribution >= 0.6 is 0 Å². The van der Waals surface area contributed by atoms with Gasteiger partial charge in [0.25, 0.3) is 0 Å². The lowest BCUT2D eigenvalue weighted by molar-refractivity contribution is 0.0669. The molecular formula is C15H14O3. The number of hydrogen-bond donors (Lipinski definition) is 0. The molecule has 0 aliphatic heterocycles. The summed E-state index contributed by atoms with van der Waals surface area (Å²) in [5.74, 6) is 0. The molecule has 0 amide bonds. The highest BCUT2D eigenvalue weighted by atomic mass is 16.7. The van der Waals surface area contributed by atoms with Gasteiger partial charge < -0.3 is 9.47 Å². The van der Waals surface area contributed by atoms with Crippen molar-refractivity contribution in [1.29, 1.82) is 0 Å². The van der Waals surface area contributed by atoms with Crippen molar-refractivity contribution in [3.63, 3.8) is 0 Å². The Hall–Kier alpha value is -2.29. The second-order valence-electron chi connectivity index (χ2n) is 3.81. The quantitative estimate of drug-likeness (QED) is 0.771. The number of carbonyl (C=O) groups is 1. The molecular weight excluding hydrogens is 228 g/mol. The van der Waals surface area contributed by atoms with Gasteiger partial charge in [0.15, 0.2) is 0 Å². The Kier molecular flexibility index (Phi) is 3.97. The second kappa shape index (κ2) is 5.87. The number of ether oxygens (including phenoxy) is 2. The summed E-state index contributed by atoms with van der Waals surface area (Å²) >= 11 is 0. The first-order valence-electron chi connectivity index (χ1n) is 5.64. The Labute approximate surface area is 106 Å². The summed E-state index contributed by atoms with van der Waals surface area (Å²) in [5.41, 5.74) is 3.23. The zero-order valence-corrected chi connectivity index (χ0v) is 10.1. The summed E-state index contributed by atoms with van der Waals surface area (Å²) in [6.07, 6.45) is -0.665. The van der Waals surface area contributed by atoms with Crippen molar-refractivity contribution < 1.29 is 14.3 Å². The van der Waals surface area contributed by atoms with Crippen molar-refractivity contribution in [2.45, 2.75) is 6.61 Å². The molecule has 0 aliphatic rings. The molecule has 0 fully saturated rings. The Morgan fingerprint density at radius 3 is 2.17 bits per heavy atom. The Bertz CT molecular complexity index is 503. The normalized spacial score (nSPS) is 9.83. The molecule has 0 saturated carbocycles. The minimum Gasteiger partial charge on any atom is -0.438 e. The van der Waals surface area contributed by atoms with Crippen LogP contribution < -0.4 is 0 Å². The fourth-order valence-electron chi connectivity index (χ4n) is 1.63. The number of hydrogen-bond acceptors (Lipinski definition) is 3. The highest BCUT2D eigenvalue weighted by molar-refractivity contribution is 5.63. The predicted octanol–water partition coefficient (Wildman–Crippen LogP) is 3.64. The van der Waals surface area contributed by atoms with Crippen LogP contribution in [0.1, 0.15) is 5.56 Å². The molecule has 0 spiro atoms. The van der Waals surface area contributed by atoms with E-state index in [1.807, 2.05) is 42.5 Å². The molecule has 0 aliphatic carbocycles. The minimum atomic E-state index is -0.665. The first-order valence-corrected chi connectivity index (χ1v) is 5.64. The van der Waals surface area contributed by atoms with Gasteiger partial charge in [0.05, 0.1) is 7.11 Å². The highest BCUT2D eigenvalue weighted by Gasteiger charge is 2.02. The van der Waals surface area contributed by atoms with Crippen molar-refractivity contribution in [3.8, 4) is 11.1 Å². The van der Waals surface area contributed by atoms with Crippen molar-refractivity contribution >= 4 is 6.16 Å². The fraction of sp³-hybridized carbons (Fsp3) is 0.133. The average Bonchev–Trinajstić information content (AvgIpc) is 2.46. The van der Waals surface area contributed by atoms with Crippen molar-refractivity contribution in [2.75, 3.05) is 7.11 Å². The SMILES string of the molecule is COC(=O)OCc1ccc(-c2ccccc2)cc1. The summed E-state index contributed by atoms with van der Waals surface area (Å²) in [6, 6.07) is 18.0. The first-order chi connectivity index (χ1) is 8.79. The van der Waals surface area contributed by atoms with E-state index in [1.54, 1.807) is 0 Å². The number of benzene rings is 2. The topological polar surface area (TPSA) is 35.5 Å². The van der Waals surface area contributed by atoms with Crippen LogP contribution in [0.3, 0.4) is 0 Å². The smallest absolute Gasteiger partial charge is 0.438 e. The lowest BCUT2D eigenvalue weighted by atomic mass is 10.0. The standard InChI is InChI=1S/C15H14O3/c1-17-15(16)18-11-12-7-9-14(10-8-12)13-5-3-2-4-6-13/h2-10H,11H2,1H3. The van der Waals surface area contributed by atoms with E-state index >= 15 is 0 Å². The maximum Gasteiger partial charge on any atom is 0.508 e. The van der Waals surface area contributed by atoms with E-state index in [4.69, 9.17) is 4.74 Å². The third-order valence-electron chi connectivity index (χ3n) is 2.58. The van der Waals surface area contributed by atoms with E-state index in [9.17, 15) is 4.79 Å². The van der Waals surface area contributed by atoms with Gasteiger partial charge in [0.2, 0.25) is 0 Å². The Morgan fingerprint density at radius 1 is 0.944 bits per heavy atom. The number of methoxy groups -OCH3 is 1. The van der Waals surface area contributed by atoms with E-state index in [1.165, 1.54) is 7.11 Å². The van der Waals surface area contributed by atoms with Crippen LogP contribution in [0.25, 0.3) is 11.1 Å². The number of carbonyl (C=O) groups excluding carboxylic acids is 1. The van der Waals surface area contributed by atoms with Crippen molar-refractivity contribution in [3.05, 3.63) is 60.2 Å². The van der Waals surface area contributed by atoms with Gasteiger partial charge >= 0.3 is 6.16 Å². The zero-order valence-electron chi connectivity index (χ0n) is 10.1. The van der Waals surface area contributed by atoms with E-state index in [2.05, 4.69) is 16.9 Å². The lowest BCUT2D eigenvalue weighted by Crippen LogP contribution is -2.03. The van der Waals surface area contributed by atoms with Crippen LogP contribution in [0.2, 0.25) is 0 Å². The van der Waals surface area contributed by atoms with Crippen LogP contribution in [0.15, 0.2) is 54.6 Å². The molecule has 2 aromatic carbocycles. The molecule has 0 heterocycles. The molecule has 0 bridgehead atoms. The summed E-state index contributed by atoms with van der Waals surface area (Å²) < 4.78 is 9.27. The van der Waals surface area contributed by atoms with Gasteiger partial charge in [-0.3, -0.25) is 0 Å². The van der Waals surface area contributed by atoms with E-state index in [0.29, 0.717) is 0 Å². The van der Waals surface area contributed by atoms with Gasteiger partial charge in [-0.25, -0.2) is 4.79 Å². The van der Waals surface area contributed by atoms with Gasteiger partial charge in [-0.05, 0) is 16.7 Å². The van der Waals surface area contributed by atoms with E-state index in [-0.39, 0.29) is 6.61 Å². The fourth-order valence-corrected chi connectivity index (χ4v) is 1.63. The summed E-state index contributed by atoms with van der Waals surface area (Å²) in [4.78, 5) is 10.8. The third kappa shape index (κ3) is 3.10. The molecule has 0 aromatic heterocycles. The van der Waals surface area contributed by atoms with E-state index < -0.39 is 6.16 Å². The molecule has 18 heavy (non-hydrogen) atoms. The Balaban J connectivity index is 2.04.